The third-order valence-corrected chi connectivity index (χ3v) is 6.20. The number of thioether (sulfide) groups is 2. The van der Waals surface area contributed by atoms with Gasteiger partial charge in [0.2, 0.25) is 5.91 Å². The molecule has 5 nitrogen and oxygen atoms in total. The molecule has 0 unspecified atom stereocenters. The lowest BCUT2D eigenvalue weighted by molar-refractivity contribution is -0.140. The van der Waals surface area contributed by atoms with E-state index in [1.54, 1.807) is 19.0 Å². The van der Waals surface area contributed by atoms with Gasteiger partial charge in [0.05, 0.1) is 12.7 Å². The maximum absolute atomic E-state index is 11.7. The second kappa shape index (κ2) is 9.25. The molecular weight excluding hydrogens is 308 g/mol. The van der Waals surface area contributed by atoms with E-state index in [4.69, 9.17) is 9.47 Å². The summed E-state index contributed by atoms with van der Waals surface area (Å²) >= 11 is 4.04. The number of hydrogen-bond donors (Lipinski definition) is 1. The highest BCUT2D eigenvalue weighted by Crippen LogP contribution is 2.19. The normalized spacial score (nSPS) is 28.1. The molecule has 2 atom stereocenters. The SMILES string of the molecule is CN(C)C(=O)CO[C@@H]1COCC[C@H]1NC1CSCCSC1. The van der Waals surface area contributed by atoms with Crippen molar-refractivity contribution in [3.8, 4) is 0 Å². The third-order valence-electron chi connectivity index (χ3n) is 3.68. The number of carbonyl (C=O) groups excluding carboxylic acids is 1. The smallest absolute Gasteiger partial charge is 0.248 e. The summed E-state index contributed by atoms with van der Waals surface area (Å²) in [5, 5.41) is 3.73. The Labute approximate surface area is 135 Å². The topological polar surface area (TPSA) is 50.8 Å². The standard InChI is InChI=1S/C14H26N2O3S2/c1-16(2)14(17)8-19-13-7-18-4-3-12(13)15-11-9-20-5-6-21-10-11/h11-13,15H,3-10H2,1-2H3/t12-,13-/m1/s1. The van der Waals surface area contributed by atoms with E-state index in [1.807, 2.05) is 23.5 Å². The first-order valence-electron chi connectivity index (χ1n) is 7.48. The summed E-state index contributed by atoms with van der Waals surface area (Å²) in [7, 11) is 3.50. The molecule has 2 heterocycles. The van der Waals surface area contributed by atoms with Crippen LogP contribution in [0.5, 0.6) is 0 Å². The quantitative estimate of drug-likeness (QED) is 0.798. The maximum Gasteiger partial charge on any atom is 0.248 e. The molecule has 0 spiro atoms. The predicted octanol–water partition coefficient (Wildman–Crippen LogP) is 0.687. The molecule has 0 aromatic rings. The largest absolute Gasteiger partial charge is 0.379 e. The van der Waals surface area contributed by atoms with Gasteiger partial charge in [-0.05, 0) is 6.42 Å². The van der Waals surface area contributed by atoms with Crippen molar-refractivity contribution < 1.29 is 14.3 Å². The lowest BCUT2D eigenvalue weighted by Crippen LogP contribution is -2.53. The predicted molar refractivity (Wildman–Crippen MR) is 89.2 cm³/mol. The van der Waals surface area contributed by atoms with E-state index >= 15 is 0 Å². The Bertz CT molecular complexity index is 323. The van der Waals surface area contributed by atoms with Gasteiger partial charge < -0.3 is 19.7 Å². The molecule has 1 N–H and O–H groups in total. The number of carbonyl (C=O) groups is 1. The highest BCUT2D eigenvalue weighted by Gasteiger charge is 2.29. The first-order valence-corrected chi connectivity index (χ1v) is 9.79. The van der Waals surface area contributed by atoms with Crippen LogP contribution in [-0.2, 0) is 14.3 Å². The zero-order valence-electron chi connectivity index (χ0n) is 12.9. The van der Waals surface area contributed by atoms with Crippen molar-refractivity contribution >= 4 is 29.4 Å². The van der Waals surface area contributed by atoms with Crippen molar-refractivity contribution in [2.45, 2.75) is 24.6 Å². The van der Waals surface area contributed by atoms with Crippen LogP contribution in [0.4, 0.5) is 0 Å². The van der Waals surface area contributed by atoms with E-state index in [0.717, 1.165) is 24.5 Å². The summed E-state index contributed by atoms with van der Waals surface area (Å²) in [5.74, 6) is 4.81. The Kier molecular flexibility index (Phi) is 7.66. The van der Waals surface area contributed by atoms with Crippen LogP contribution < -0.4 is 5.32 Å². The summed E-state index contributed by atoms with van der Waals surface area (Å²) in [6, 6.07) is 0.819. The average molecular weight is 335 g/mol. The lowest BCUT2D eigenvalue weighted by Gasteiger charge is -2.34. The van der Waals surface area contributed by atoms with E-state index < -0.39 is 0 Å². The van der Waals surface area contributed by atoms with Crippen molar-refractivity contribution in [2.24, 2.45) is 0 Å². The van der Waals surface area contributed by atoms with Gasteiger partial charge in [0.1, 0.15) is 6.61 Å². The highest BCUT2D eigenvalue weighted by atomic mass is 32.2. The Morgan fingerprint density at radius 1 is 1.33 bits per heavy atom. The van der Waals surface area contributed by atoms with E-state index in [2.05, 4.69) is 5.32 Å². The number of hydrogen-bond acceptors (Lipinski definition) is 6. The summed E-state index contributed by atoms with van der Waals surface area (Å²) in [6.45, 7) is 1.48. The van der Waals surface area contributed by atoms with Gasteiger partial charge in [-0.1, -0.05) is 0 Å². The van der Waals surface area contributed by atoms with E-state index in [1.165, 1.54) is 11.5 Å². The molecule has 0 aliphatic carbocycles. The summed E-state index contributed by atoms with van der Waals surface area (Å²) in [4.78, 5) is 13.2. The first-order chi connectivity index (χ1) is 10.2. The minimum Gasteiger partial charge on any atom is -0.379 e. The molecule has 2 aliphatic rings. The van der Waals surface area contributed by atoms with Crippen molar-refractivity contribution in [1.82, 2.24) is 10.2 Å². The van der Waals surface area contributed by atoms with Gasteiger partial charge in [-0.2, -0.15) is 23.5 Å². The van der Waals surface area contributed by atoms with Gasteiger partial charge in [0, 0.05) is 55.8 Å². The van der Waals surface area contributed by atoms with Crippen molar-refractivity contribution in [3.05, 3.63) is 0 Å². The van der Waals surface area contributed by atoms with Gasteiger partial charge in [0.15, 0.2) is 0 Å². The van der Waals surface area contributed by atoms with Crippen LogP contribution in [0.3, 0.4) is 0 Å². The fraction of sp³-hybridized carbons (Fsp3) is 0.929. The van der Waals surface area contributed by atoms with Gasteiger partial charge >= 0.3 is 0 Å². The third kappa shape index (κ3) is 5.98. The molecule has 2 rings (SSSR count). The second-order valence-electron chi connectivity index (χ2n) is 5.62. The van der Waals surface area contributed by atoms with Crippen molar-refractivity contribution in [1.29, 1.82) is 0 Å². The van der Waals surface area contributed by atoms with Gasteiger partial charge in [0.25, 0.3) is 0 Å². The van der Waals surface area contributed by atoms with Gasteiger partial charge in [-0.15, -0.1) is 0 Å². The number of amides is 1. The Hall–Kier alpha value is 0.0500. The molecule has 21 heavy (non-hydrogen) atoms. The summed E-state index contributed by atoms with van der Waals surface area (Å²) < 4.78 is 11.3. The highest BCUT2D eigenvalue weighted by molar-refractivity contribution is 8.03. The van der Waals surface area contributed by atoms with Gasteiger partial charge in [-0.25, -0.2) is 0 Å². The van der Waals surface area contributed by atoms with E-state index in [-0.39, 0.29) is 24.7 Å². The molecule has 0 aromatic carbocycles. The van der Waals surface area contributed by atoms with Crippen molar-refractivity contribution in [2.75, 3.05) is 56.9 Å². The van der Waals surface area contributed by atoms with Crippen LogP contribution >= 0.6 is 23.5 Å². The first kappa shape index (κ1) is 17.4. The fourth-order valence-corrected chi connectivity index (χ4v) is 4.81. The Morgan fingerprint density at radius 2 is 2.05 bits per heavy atom. The molecule has 2 fully saturated rings. The Balaban J connectivity index is 1.81. The molecule has 122 valence electrons. The molecule has 0 saturated carbocycles. The number of rotatable bonds is 5. The monoisotopic (exact) mass is 334 g/mol. The average Bonchev–Trinajstić information content (AvgIpc) is 2.74. The Morgan fingerprint density at radius 3 is 2.71 bits per heavy atom. The number of likely N-dealkylation sites (N-methyl/N-ethyl adjacent to an activating group) is 1. The van der Waals surface area contributed by atoms with Crippen LogP contribution in [-0.4, -0.2) is 85.9 Å². The maximum atomic E-state index is 11.7. The summed E-state index contributed by atoms with van der Waals surface area (Å²) in [6.07, 6.45) is 0.924. The van der Waals surface area contributed by atoms with E-state index in [9.17, 15) is 4.79 Å². The van der Waals surface area contributed by atoms with Crippen molar-refractivity contribution in [3.63, 3.8) is 0 Å². The molecule has 0 aromatic heterocycles. The van der Waals surface area contributed by atoms with Crippen LogP contribution in [0.15, 0.2) is 0 Å². The minimum absolute atomic E-state index is 0.0000917. The van der Waals surface area contributed by atoms with Gasteiger partial charge in [-0.3, -0.25) is 4.79 Å². The van der Waals surface area contributed by atoms with Crippen LogP contribution in [0.2, 0.25) is 0 Å². The zero-order chi connectivity index (χ0) is 15.1. The fourth-order valence-electron chi connectivity index (χ4n) is 2.39. The second-order valence-corrected chi connectivity index (χ2v) is 7.92. The van der Waals surface area contributed by atoms with E-state index in [0.29, 0.717) is 12.6 Å². The van der Waals surface area contributed by atoms with Crippen LogP contribution in [0.25, 0.3) is 0 Å². The number of nitrogens with one attached hydrogen (secondary N) is 1. The zero-order valence-corrected chi connectivity index (χ0v) is 14.5. The lowest BCUT2D eigenvalue weighted by atomic mass is 10.1. The molecule has 0 bridgehead atoms. The molecule has 7 heteroatoms. The molecule has 2 saturated heterocycles. The number of ether oxygens (including phenoxy) is 2. The molecular formula is C14H26N2O3S2. The summed E-state index contributed by atoms with van der Waals surface area (Å²) in [5.41, 5.74) is 0. The van der Waals surface area contributed by atoms with Crippen LogP contribution in [0, 0.1) is 0 Å². The molecule has 0 radical (unpaired) electrons. The number of nitrogens with zero attached hydrogens (tertiary/aromatic N) is 1. The molecule has 2 aliphatic heterocycles. The minimum atomic E-state index is -0.0269. The molecule has 1 amide bonds. The van der Waals surface area contributed by atoms with Crippen LogP contribution in [0.1, 0.15) is 6.42 Å².